The van der Waals surface area contributed by atoms with Crippen molar-refractivity contribution >= 4 is 22.0 Å². The van der Waals surface area contributed by atoms with E-state index in [1.54, 1.807) is 13.1 Å². The van der Waals surface area contributed by atoms with E-state index < -0.39 is 6.09 Å². The molecule has 0 heterocycles. The third-order valence-electron chi connectivity index (χ3n) is 2.93. The molecule has 2 aromatic carbocycles. The lowest BCUT2D eigenvalue weighted by Gasteiger charge is -2.18. The number of halogens is 2. The molecule has 1 amide bonds. The lowest BCUT2D eigenvalue weighted by Crippen LogP contribution is -2.27. The second-order valence-corrected chi connectivity index (χ2v) is 5.49. The average molecular weight is 352 g/mol. The molecule has 0 aliphatic heterocycles. The van der Waals surface area contributed by atoms with E-state index in [9.17, 15) is 9.18 Å². The number of amides is 1. The highest BCUT2D eigenvalue weighted by Gasteiger charge is 2.13. The van der Waals surface area contributed by atoms with Crippen LogP contribution in [0.15, 0.2) is 53.0 Å². The van der Waals surface area contributed by atoms with Crippen molar-refractivity contribution in [2.75, 3.05) is 7.05 Å². The van der Waals surface area contributed by atoms with Crippen LogP contribution in [0.5, 0.6) is 0 Å². The fraction of sp³-hybridized carbons (Fsp3) is 0.188. The fourth-order valence-electron chi connectivity index (χ4n) is 1.81. The van der Waals surface area contributed by atoms with E-state index in [1.165, 1.54) is 17.0 Å². The van der Waals surface area contributed by atoms with Crippen LogP contribution in [-0.2, 0) is 17.9 Å². The Morgan fingerprint density at radius 2 is 1.95 bits per heavy atom. The van der Waals surface area contributed by atoms with E-state index in [0.717, 1.165) is 10.0 Å². The van der Waals surface area contributed by atoms with Crippen LogP contribution in [0.4, 0.5) is 9.18 Å². The maximum Gasteiger partial charge on any atom is 0.410 e. The van der Waals surface area contributed by atoms with Crippen molar-refractivity contribution in [1.82, 2.24) is 4.90 Å². The van der Waals surface area contributed by atoms with E-state index >= 15 is 0 Å². The first-order chi connectivity index (χ1) is 10.1. The number of carbonyl (C=O) groups is 1. The topological polar surface area (TPSA) is 29.5 Å². The highest BCUT2D eigenvalue weighted by molar-refractivity contribution is 9.10. The first-order valence-corrected chi connectivity index (χ1v) is 7.21. The number of hydrogen-bond acceptors (Lipinski definition) is 2. The van der Waals surface area contributed by atoms with Gasteiger partial charge in [-0.05, 0) is 29.3 Å². The van der Waals surface area contributed by atoms with Crippen molar-refractivity contribution < 1.29 is 13.9 Å². The molecule has 0 spiro atoms. The van der Waals surface area contributed by atoms with Gasteiger partial charge in [0.05, 0.1) is 0 Å². The molecule has 0 aromatic heterocycles. The zero-order valence-electron chi connectivity index (χ0n) is 11.6. The van der Waals surface area contributed by atoms with E-state index in [-0.39, 0.29) is 19.0 Å². The van der Waals surface area contributed by atoms with Gasteiger partial charge in [-0.15, -0.1) is 0 Å². The van der Waals surface area contributed by atoms with Crippen LogP contribution in [0, 0.1) is 5.82 Å². The lowest BCUT2D eigenvalue weighted by molar-refractivity contribution is 0.102. The summed E-state index contributed by atoms with van der Waals surface area (Å²) in [6.45, 7) is 0.486. The molecule has 0 radical (unpaired) electrons. The quantitative estimate of drug-likeness (QED) is 0.819. The predicted molar refractivity (Wildman–Crippen MR) is 82.2 cm³/mol. The standard InChI is InChI=1S/C16H15BrFNO2/c1-19(10-13-9-14(18)7-8-15(13)17)16(20)21-11-12-5-3-2-4-6-12/h2-9H,10-11H2,1H3. The molecular weight excluding hydrogens is 337 g/mol. The number of ether oxygens (including phenoxy) is 1. The molecule has 5 heteroatoms. The van der Waals surface area contributed by atoms with Gasteiger partial charge < -0.3 is 9.64 Å². The van der Waals surface area contributed by atoms with Crippen LogP contribution in [-0.4, -0.2) is 18.0 Å². The molecule has 21 heavy (non-hydrogen) atoms. The maximum absolute atomic E-state index is 13.2. The molecule has 0 unspecified atom stereocenters. The van der Waals surface area contributed by atoms with Crippen molar-refractivity contribution in [1.29, 1.82) is 0 Å². The molecule has 2 rings (SSSR count). The third-order valence-corrected chi connectivity index (χ3v) is 3.71. The van der Waals surface area contributed by atoms with Gasteiger partial charge in [0.15, 0.2) is 0 Å². The van der Waals surface area contributed by atoms with Crippen molar-refractivity contribution in [2.45, 2.75) is 13.2 Å². The van der Waals surface area contributed by atoms with Gasteiger partial charge in [0.1, 0.15) is 12.4 Å². The molecular formula is C16H15BrFNO2. The molecule has 3 nitrogen and oxygen atoms in total. The summed E-state index contributed by atoms with van der Waals surface area (Å²) in [6, 6.07) is 13.8. The van der Waals surface area contributed by atoms with E-state index in [4.69, 9.17) is 4.74 Å². The van der Waals surface area contributed by atoms with E-state index in [1.807, 2.05) is 30.3 Å². The second kappa shape index (κ2) is 7.22. The zero-order valence-corrected chi connectivity index (χ0v) is 13.1. The van der Waals surface area contributed by atoms with Crippen molar-refractivity contribution in [3.63, 3.8) is 0 Å². The molecule has 0 fully saturated rings. The van der Waals surface area contributed by atoms with Crippen molar-refractivity contribution in [3.05, 3.63) is 69.9 Å². The summed E-state index contributed by atoms with van der Waals surface area (Å²) in [5, 5.41) is 0. The molecule has 0 saturated carbocycles. The SMILES string of the molecule is CN(Cc1cc(F)ccc1Br)C(=O)OCc1ccccc1. The molecule has 2 aromatic rings. The smallest absolute Gasteiger partial charge is 0.410 e. The molecule has 0 bridgehead atoms. The number of rotatable bonds is 4. The summed E-state index contributed by atoms with van der Waals surface area (Å²) in [6.07, 6.45) is -0.449. The van der Waals surface area contributed by atoms with Gasteiger partial charge in [0.25, 0.3) is 0 Å². The molecule has 0 saturated heterocycles. The second-order valence-electron chi connectivity index (χ2n) is 4.63. The number of carbonyl (C=O) groups excluding carboxylic acids is 1. The predicted octanol–water partition coefficient (Wildman–Crippen LogP) is 4.36. The van der Waals surface area contributed by atoms with Gasteiger partial charge in [-0.25, -0.2) is 9.18 Å². The summed E-state index contributed by atoms with van der Waals surface area (Å²) in [5.74, 6) is -0.334. The van der Waals surface area contributed by atoms with Gasteiger partial charge in [-0.1, -0.05) is 46.3 Å². The summed E-state index contributed by atoms with van der Waals surface area (Å²) in [4.78, 5) is 13.3. The summed E-state index contributed by atoms with van der Waals surface area (Å²) >= 11 is 3.34. The average Bonchev–Trinajstić information content (AvgIpc) is 2.49. The van der Waals surface area contributed by atoms with Crippen molar-refractivity contribution in [3.8, 4) is 0 Å². The Morgan fingerprint density at radius 3 is 2.67 bits per heavy atom. The minimum absolute atomic E-state index is 0.217. The normalized spacial score (nSPS) is 10.2. The number of hydrogen-bond donors (Lipinski definition) is 0. The largest absolute Gasteiger partial charge is 0.445 e. The minimum Gasteiger partial charge on any atom is -0.445 e. The first kappa shape index (κ1) is 15.5. The Balaban J connectivity index is 1.92. The van der Waals surface area contributed by atoms with Gasteiger partial charge in [0, 0.05) is 18.1 Å². The molecule has 0 aliphatic carbocycles. The fourth-order valence-corrected chi connectivity index (χ4v) is 2.19. The Morgan fingerprint density at radius 1 is 1.24 bits per heavy atom. The number of nitrogens with zero attached hydrogens (tertiary/aromatic N) is 1. The van der Waals surface area contributed by atoms with Crippen LogP contribution >= 0.6 is 15.9 Å². The van der Waals surface area contributed by atoms with Crippen LogP contribution in [0.3, 0.4) is 0 Å². The summed E-state index contributed by atoms with van der Waals surface area (Å²) in [7, 11) is 1.62. The van der Waals surface area contributed by atoms with Crippen LogP contribution < -0.4 is 0 Å². The zero-order chi connectivity index (χ0) is 15.2. The Kier molecular flexibility index (Phi) is 5.33. The van der Waals surface area contributed by atoms with E-state index in [0.29, 0.717) is 5.56 Å². The lowest BCUT2D eigenvalue weighted by atomic mass is 10.2. The Labute approximate surface area is 131 Å². The molecule has 110 valence electrons. The molecule has 0 aliphatic rings. The Hall–Kier alpha value is -1.88. The highest BCUT2D eigenvalue weighted by atomic mass is 79.9. The molecule has 0 atom stereocenters. The third kappa shape index (κ3) is 4.56. The molecule has 0 N–H and O–H groups in total. The number of benzene rings is 2. The van der Waals surface area contributed by atoms with E-state index in [2.05, 4.69) is 15.9 Å². The van der Waals surface area contributed by atoms with Gasteiger partial charge in [-0.3, -0.25) is 0 Å². The monoisotopic (exact) mass is 351 g/mol. The van der Waals surface area contributed by atoms with Gasteiger partial charge in [-0.2, -0.15) is 0 Å². The maximum atomic E-state index is 13.2. The van der Waals surface area contributed by atoms with Crippen molar-refractivity contribution in [2.24, 2.45) is 0 Å². The van der Waals surface area contributed by atoms with Gasteiger partial charge in [0.2, 0.25) is 0 Å². The van der Waals surface area contributed by atoms with Crippen LogP contribution in [0.25, 0.3) is 0 Å². The Bertz CT molecular complexity index is 619. The summed E-state index contributed by atoms with van der Waals surface area (Å²) in [5.41, 5.74) is 1.61. The minimum atomic E-state index is -0.449. The first-order valence-electron chi connectivity index (χ1n) is 6.42. The van der Waals surface area contributed by atoms with Crippen LogP contribution in [0.1, 0.15) is 11.1 Å². The highest BCUT2D eigenvalue weighted by Crippen LogP contribution is 2.19. The van der Waals surface area contributed by atoms with Crippen LogP contribution in [0.2, 0.25) is 0 Å². The summed E-state index contributed by atoms with van der Waals surface area (Å²) < 4.78 is 19.2. The van der Waals surface area contributed by atoms with Gasteiger partial charge >= 0.3 is 6.09 Å².